The maximum Gasteiger partial charge on any atom is 0.258 e. The number of amides is 1. The first-order valence-corrected chi connectivity index (χ1v) is 10.7. The van der Waals surface area contributed by atoms with Gasteiger partial charge in [-0.2, -0.15) is 10.2 Å². The molecule has 0 aliphatic heterocycles. The molecule has 9 nitrogen and oxygen atoms in total. The van der Waals surface area contributed by atoms with Crippen molar-refractivity contribution in [3.05, 3.63) is 34.3 Å². The van der Waals surface area contributed by atoms with Crippen molar-refractivity contribution in [2.45, 2.75) is 26.8 Å². The Balaban J connectivity index is 2.35. The van der Waals surface area contributed by atoms with Gasteiger partial charge >= 0.3 is 0 Å². The number of ketones is 1. The molecule has 1 amide bonds. The number of anilines is 1. The van der Waals surface area contributed by atoms with Gasteiger partial charge in [-0.15, -0.1) is 0 Å². The minimum atomic E-state index is -1.43. The number of carbonyl (C=O) groups excluding carboxylic acids is 2. The van der Waals surface area contributed by atoms with E-state index >= 15 is 0 Å². The molecule has 0 aliphatic rings. The van der Waals surface area contributed by atoms with Gasteiger partial charge in [-0.3, -0.25) is 9.59 Å². The predicted molar refractivity (Wildman–Crippen MR) is 126 cm³/mol. The second-order valence-corrected chi connectivity index (χ2v) is 7.23. The molecule has 2 aromatic rings. The second-order valence-electron chi connectivity index (χ2n) is 6.47. The third-order valence-corrected chi connectivity index (χ3v) is 5.00. The lowest BCUT2D eigenvalue weighted by Gasteiger charge is -2.15. The van der Waals surface area contributed by atoms with E-state index in [1.54, 1.807) is 25.1 Å². The number of nitrogens with one attached hydrogen (secondary N) is 1. The summed E-state index contributed by atoms with van der Waals surface area (Å²) in [6.45, 7) is 5.56. The van der Waals surface area contributed by atoms with Crippen LogP contribution in [0.5, 0.6) is 23.0 Å². The van der Waals surface area contributed by atoms with E-state index in [1.165, 1.54) is 27.2 Å². The minimum absolute atomic E-state index is 0.171. The van der Waals surface area contributed by atoms with E-state index in [-0.39, 0.29) is 32.9 Å². The molecule has 0 aromatic heterocycles. The maximum atomic E-state index is 12.8. The van der Waals surface area contributed by atoms with Crippen LogP contribution in [-0.4, -0.2) is 45.2 Å². The minimum Gasteiger partial charge on any atom is -0.495 e. The lowest BCUT2D eigenvalue weighted by molar-refractivity contribution is -0.126. The Labute approximate surface area is 202 Å². The number of methoxy groups -OCH3 is 2. The normalized spacial score (nSPS) is 11.7. The molecule has 2 aromatic carbocycles. The molecule has 0 spiro atoms. The fraction of sp³-hybridized carbons (Fsp3) is 0.364. The quantitative estimate of drug-likeness (QED) is 0.324. The second kappa shape index (κ2) is 12.3. The zero-order valence-electron chi connectivity index (χ0n) is 18.9. The van der Waals surface area contributed by atoms with Gasteiger partial charge in [-0.25, -0.2) is 0 Å². The molecule has 33 heavy (non-hydrogen) atoms. The summed E-state index contributed by atoms with van der Waals surface area (Å²) in [7, 11) is 2.85. The smallest absolute Gasteiger partial charge is 0.258 e. The van der Waals surface area contributed by atoms with Gasteiger partial charge in [0.05, 0.1) is 33.1 Å². The highest BCUT2D eigenvalue weighted by atomic mass is 35.5. The van der Waals surface area contributed by atoms with E-state index < -0.39 is 17.7 Å². The molecule has 0 fully saturated rings. The average molecular weight is 498 g/mol. The lowest BCUT2D eigenvalue weighted by Crippen LogP contribution is -2.32. The lowest BCUT2D eigenvalue weighted by atomic mass is 10.2. The van der Waals surface area contributed by atoms with Crippen LogP contribution in [0.15, 0.2) is 34.5 Å². The first-order chi connectivity index (χ1) is 15.8. The monoisotopic (exact) mass is 497 g/mol. The summed E-state index contributed by atoms with van der Waals surface area (Å²) in [6.07, 6.45) is 0. The molecule has 1 N–H and O–H groups in total. The number of rotatable bonds is 11. The zero-order valence-corrected chi connectivity index (χ0v) is 20.4. The molecule has 1 unspecified atom stereocenters. The molecule has 1 atom stereocenters. The van der Waals surface area contributed by atoms with E-state index in [4.69, 9.17) is 42.1 Å². The number of nitrogens with zero attached hydrogens (tertiary/aromatic N) is 2. The van der Waals surface area contributed by atoms with Gasteiger partial charge in [0.25, 0.3) is 5.91 Å². The average Bonchev–Trinajstić information content (AvgIpc) is 2.78. The van der Waals surface area contributed by atoms with Crippen molar-refractivity contribution < 1.29 is 28.5 Å². The van der Waals surface area contributed by atoms with E-state index in [0.717, 1.165) is 0 Å². The zero-order chi connectivity index (χ0) is 24.5. The number of azo groups is 1. The molecule has 0 radical (unpaired) electrons. The molecule has 0 heterocycles. The number of carbonyl (C=O) groups is 2. The van der Waals surface area contributed by atoms with Gasteiger partial charge in [-0.05, 0) is 45.0 Å². The Morgan fingerprint density at radius 3 is 2.15 bits per heavy atom. The third-order valence-electron chi connectivity index (χ3n) is 4.29. The highest BCUT2D eigenvalue weighted by Gasteiger charge is 2.26. The summed E-state index contributed by atoms with van der Waals surface area (Å²) in [4.78, 5) is 25.0. The molecule has 0 saturated carbocycles. The highest BCUT2D eigenvalue weighted by molar-refractivity contribution is 6.34. The van der Waals surface area contributed by atoms with Crippen LogP contribution < -0.4 is 24.3 Å². The molecule has 0 saturated heterocycles. The molecule has 178 valence electrons. The third kappa shape index (κ3) is 6.27. The molecule has 2 rings (SSSR count). The van der Waals surface area contributed by atoms with E-state index in [9.17, 15) is 9.59 Å². The van der Waals surface area contributed by atoms with E-state index in [2.05, 4.69) is 15.5 Å². The van der Waals surface area contributed by atoms with Crippen molar-refractivity contribution >= 4 is 46.3 Å². The summed E-state index contributed by atoms with van der Waals surface area (Å²) in [5.41, 5.74) is 0.489. The van der Waals surface area contributed by atoms with Crippen LogP contribution in [0.3, 0.4) is 0 Å². The standard InChI is InChI=1S/C22H25Cl2N3O6/c1-6-32-16-11-9-14(21(18(16)24)33-7-2)26-27-19(12(3)28)22(29)25-13-8-10-15(30-4)17(23)20(13)31-5/h8-11,19H,6-7H2,1-5H3,(H,25,29). The van der Waals surface area contributed by atoms with Gasteiger partial charge in [0, 0.05) is 0 Å². The van der Waals surface area contributed by atoms with Crippen LogP contribution in [0.25, 0.3) is 0 Å². The summed E-state index contributed by atoms with van der Waals surface area (Å²) in [5, 5.41) is 11.0. The Kier molecular flexibility index (Phi) is 9.74. The number of halogens is 2. The van der Waals surface area contributed by atoms with Gasteiger partial charge in [0.15, 0.2) is 17.3 Å². The summed E-state index contributed by atoms with van der Waals surface area (Å²) in [5.74, 6) is -0.0395. The summed E-state index contributed by atoms with van der Waals surface area (Å²) >= 11 is 12.6. The summed E-state index contributed by atoms with van der Waals surface area (Å²) in [6, 6.07) is 4.84. The predicted octanol–water partition coefficient (Wildman–Crippen LogP) is 5.49. The molecular weight excluding hydrogens is 473 g/mol. The van der Waals surface area contributed by atoms with Crippen molar-refractivity contribution in [2.75, 3.05) is 32.8 Å². The van der Waals surface area contributed by atoms with Crippen LogP contribution in [0.1, 0.15) is 20.8 Å². The molecule has 11 heteroatoms. The van der Waals surface area contributed by atoms with E-state index in [0.29, 0.717) is 24.7 Å². The van der Waals surface area contributed by atoms with E-state index in [1.807, 2.05) is 6.92 Å². The van der Waals surface area contributed by atoms with Crippen molar-refractivity contribution in [3.8, 4) is 23.0 Å². The Morgan fingerprint density at radius 1 is 0.939 bits per heavy atom. The number of Topliss-reactive ketones (excluding diaryl/α,β-unsaturated/α-hetero) is 1. The van der Waals surface area contributed by atoms with Crippen LogP contribution in [-0.2, 0) is 9.59 Å². The topological polar surface area (TPSA) is 108 Å². The number of hydrogen-bond donors (Lipinski definition) is 1. The van der Waals surface area contributed by atoms with Crippen LogP contribution in [0.4, 0.5) is 11.4 Å². The fourth-order valence-corrected chi connectivity index (χ4v) is 3.38. The number of hydrogen-bond acceptors (Lipinski definition) is 8. The first kappa shape index (κ1) is 26.2. The fourth-order valence-electron chi connectivity index (χ4n) is 2.79. The van der Waals surface area contributed by atoms with Crippen LogP contribution in [0, 0.1) is 0 Å². The van der Waals surface area contributed by atoms with Crippen molar-refractivity contribution in [3.63, 3.8) is 0 Å². The SMILES string of the molecule is CCOc1ccc(N=NC(C(C)=O)C(=O)Nc2ccc(OC)c(Cl)c2OC)c(OCC)c1Cl. The van der Waals surface area contributed by atoms with Gasteiger partial charge in [-0.1, -0.05) is 23.2 Å². The van der Waals surface area contributed by atoms with Gasteiger partial charge < -0.3 is 24.3 Å². The Morgan fingerprint density at radius 2 is 1.58 bits per heavy atom. The number of ether oxygens (including phenoxy) is 4. The van der Waals surface area contributed by atoms with Gasteiger partial charge in [0.2, 0.25) is 6.04 Å². The van der Waals surface area contributed by atoms with Crippen molar-refractivity contribution in [2.24, 2.45) is 10.2 Å². The maximum absolute atomic E-state index is 12.8. The molecule has 0 bridgehead atoms. The summed E-state index contributed by atoms with van der Waals surface area (Å²) < 4.78 is 21.4. The van der Waals surface area contributed by atoms with Crippen LogP contribution >= 0.6 is 23.2 Å². The number of benzene rings is 2. The van der Waals surface area contributed by atoms with Crippen LogP contribution in [0.2, 0.25) is 10.0 Å². The first-order valence-electron chi connectivity index (χ1n) is 9.99. The molecular formula is C22H25Cl2N3O6. The van der Waals surface area contributed by atoms with Crippen molar-refractivity contribution in [1.29, 1.82) is 0 Å². The Bertz CT molecular complexity index is 1050. The van der Waals surface area contributed by atoms with Gasteiger partial charge in [0.1, 0.15) is 27.2 Å². The Hall–Kier alpha value is -3.04. The molecule has 0 aliphatic carbocycles. The highest BCUT2D eigenvalue weighted by Crippen LogP contribution is 2.42. The largest absolute Gasteiger partial charge is 0.495 e. The van der Waals surface area contributed by atoms with Crippen molar-refractivity contribution in [1.82, 2.24) is 0 Å².